The summed E-state index contributed by atoms with van der Waals surface area (Å²) in [7, 11) is 0. The van der Waals surface area contributed by atoms with E-state index < -0.39 is 19.1 Å². The van der Waals surface area contributed by atoms with Gasteiger partial charge in [0.1, 0.15) is 0 Å². The highest BCUT2D eigenvalue weighted by Gasteiger charge is 2.16. The van der Waals surface area contributed by atoms with Crippen LogP contribution in [0.2, 0.25) is 0 Å². The lowest BCUT2D eigenvalue weighted by Gasteiger charge is -2.24. The van der Waals surface area contributed by atoms with Gasteiger partial charge in [-0.2, -0.15) is 0 Å². The molecule has 0 aromatic carbocycles. The molecule has 1 unspecified atom stereocenters. The number of aliphatic hydroxyl groups is 2. The molecule has 0 aromatic rings. The summed E-state index contributed by atoms with van der Waals surface area (Å²) in [5.41, 5.74) is 0. The molecule has 0 rings (SSSR count). The molecular weight excluding hydrogens is 220 g/mol. The summed E-state index contributed by atoms with van der Waals surface area (Å²) in [4.78, 5) is 1.32. The van der Waals surface area contributed by atoms with Crippen molar-refractivity contribution in [3.8, 4) is 0 Å². The molecule has 0 saturated heterocycles. The van der Waals surface area contributed by atoms with E-state index in [0.717, 1.165) is 0 Å². The average Bonchev–Trinajstić information content (AvgIpc) is 2.14. The van der Waals surface area contributed by atoms with Crippen LogP contribution < -0.4 is 0 Å². The van der Waals surface area contributed by atoms with Crippen LogP contribution in [0.25, 0.3) is 0 Å². The standard InChI is InChI=1S/C10H21F2NO3/c1-8(2)16-7-9(15)5-13(3-4-14)6-10(11)12/h8-10,14-15H,3-7H2,1-2H3. The molecule has 0 spiro atoms. The van der Waals surface area contributed by atoms with Gasteiger partial charge in [-0.05, 0) is 13.8 Å². The van der Waals surface area contributed by atoms with Crippen LogP contribution in [0.15, 0.2) is 0 Å². The first-order chi connectivity index (χ1) is 7.45. The van der Waals surface area contributed by atoms with E-state index in [4.69, 9.17) is 9.84 Å². The molecule has 0 aliphatic heterocycles. The van der Waals surface area contributed by atoms with Crippen molar-refractivity contribution in [1.29, 1.82) is 0 Å². The van der Waals surface area contributed by atoms with Gasteiger partial charge in [0.2, 0.25) is 0 Å². The van der Waals surface area contributed by atoms with Gasteiger partial charge < -0.3 is 14.9 Å². The molecule has 0 radical (unpaired) electrons. The molecule has 16 heavy (non-hydrogen) atoms. The van der Waals surface area contributed by atoms with Gasteiger partial charge >= 0.3 is 0 Å². The first-order valence-electron chi connectivity index (χ1n) is 5.36. The predicted molar refractivity (Wildman–Crippen MR) is 56.6 cm³/mol. The number of rotatable bonds is 9. The van der Waals surface area contributed by atoms with Gasteiger partial charge in [-0.25, -0.2) is 8.78 Å². The van der Waals surface area contributed by atoms with Gasteiger partial charge in [0.25, 0.3) is 6.43 Å². The normalized spacial score (nSPS) is 14.1. The summed E-state index contributed by atoms with van der Waals surface area (Å²) in [5, 5.41) is 18.2. The molecule has 0 bridgehead atoms. The van der Waals surface area contributed by atoms with Crippen molar-refractivity contribution in [3.63, 3.8) is 0 Å². The van der Waals surface area contributed by atoms with E-state index in [-0.39, 0.29) is 32.4 Å². The number of ether oxygens (including phenoxy) is 1. The van der Waals surface area contributed by atoms with Crippen molar-refractivity contribution in [1.82, 2.24) is 4.90 Å². The molecule has 1 atom stereocenters. The van der Waals surface area contributed by atoms with E-state index in [1.165, 1.54) is 4.90 Å². The van der Waals surface area contributed by atoms with E-state index in [0.29, 0.717) is 0 Å². The van der Waals surface area contributed by atoms with Crippen molar-refractivity contribution in [2.45, 2.75) is 32.5 Å². The Labute approximate surface area is 94.8 Å². The number of nitrogens with zero attached hydrogens (tertiary/aromatic N) is 1. The van der Waals surface area contributed by atoms with Crippen molar-refractivity contribution in [2.24, 2.45) is 0 Å². The van der Waals surface area contributed by atoms with Crippen LogP contribution in [0.1, 0.15) is 13.8 Å². The number of halogens is 2. The van der Waals surface area contributed by atoms with E-state index in [1.54, 1.807) is 0 Å². The summed E-state index contributed by atoms with van der Waals surface area (Å²) >= 11 is 0. The zero-order chi connectivity index (χ0) is 12.6. The second-order valence-electron chi connectivity index (χ2n) is 3.91. The van der Waals surface area contributed by atoms with Crippen molar-refractivity contribution in [2.75, 3.05) is 32.8 Å². The molecule has 0 aliphatic carbocycles. The fraction of sp³-hybridized carbons (Fsp3) is 1.00. The second-order valence-corrected chi connectivity index (χ2v) is 3.91. The minimum absolute atomic E-state index is 0.00367. The molecular formula is C10H21F2NO3. The first-order valence-corrected chi connectivity index (χ1v) is 5.36. The third kappa shape index (κ3) is 8.96. The minimum Gasteiger partial charge on any atom is -0.395 e. The lowest BCUT2D eigenvalue weighted by Crippen LogP contribution is -2.39. The Morgan fingerprint density at radius 3 is 2.31 bits per heavy atom. The summed E-state index contributed by atoms with van der Waals surface area (Å²) < 4.78 is 29.4. The van der Waals surface area contributed by atoms with Crippen molar-refractivity contribution < 1.29 is 23.7 Å². The highest BCUT2D eigenvalue weighted by molar-refractivity contribution is 4.65. The van der Waals surface area contributed by atoms with Crippen LogP contribution >= 0.6 is 0 Å². The van der Waals surface area contributed by atoms with Crippen LogP contribution in [-0.4, -0.2) is 66.6 Å². The smallest absolute Gasteiger partial charge is 0.251 e. The maximum Gasteiger partial charge on any atom is 0.251 e. The van der Waals surface area contributed by atoms with Crippen molar-refractivity contribution >= 4 is 0 Å². The molecule has 0 aromatic heterocycles. The topological polar surface area (TPSA) is 52.9 Å². The Morgan fingerprint density at radius 2 is 1.88 bits per heavy atom. The highest BCUT2D eigenvalue weighted by atomic mass is 19.3. The molecule has 0 saturated carbocycles. The molecule has 98 valence electrons. The molecule has 0 amide bonds. The van der Waals surface area contributed by atoms with Gasteiger partial charge in [0.05, 0.1) is 32.0 Å². The van der Waals surface area contributed by atoms with Crippen LogP contribution in [0.4, 0.5) is 8.78 Å². The largest absolute Gasteiger partial charge is 0.395 e. The number of hydrogen-bond donors (Lipinski definition) is 2. The summed E-state index contributed by atoms with van der Waals surface area (Å²) in [5.74, 6) is 0. The molecule has 0 heterocycles. The number of alkyl halides is 2. The quantitative estimate of drug-likeness (QED) is 0.611. The van der Waals surface area contributed by atoms with Gasteiger partial charge in [-0.3, -0.25) is 4.90 Å². The van der Waals surface area contributed by atoms with Crippen molar-refractivity contribution in [3.05, 3.63) is 0 Å². The van der Waals surface area contributed by atoms with Gasteiger partial charge in [0.15, 0.2) is 0 Å². The fourth-order valence-electron chi connectivity index (χ4n) is 1.25. The molecule has 0 aliphatic rings. The SMILES string of the molecule is CC(C)OCC(O)CN(CCO)CC(F)F. The maximum absolute atomic E-state index is 12.1. The summed E-state index contributed by atoms with van der Waals surface area (Å²) in [6, 6.07) is 0. The van der Waals surface area contributed by atoms with Gasteiger partial charge in [-0.15, -0.1) is 0 Å². The van der Waals surface area contributed by atoms with Crippen LogP contribution in [0.5, 0.6) is 0 Å². The second kappa shape index (κ2) is 8.81. The Hall–Kier alpha value is -0.300. The Bertz CT molecular complexity index is 170. The van der Waals surface area contributed by atoms with Crippen LogP contribution in [0, 0.1) is 0 Å². The lowest BCUT2D eigenvalue weighted by atomic mass is 10.3. The van der Waals surface area contributed by atoms with E-state index in [1.807, 2.05) is 13.8 Å². The Kier molecular flexibility index (Phi) is 8.64. The monoisotopic (exact) mass is 241 g/mol. The zero-order valence-electron chi connectivity index (χ0n) is 9.77. The zero-order valence-corrected chi connectivity index (χ0v) is 9.77. The molecule has 2 N–H and O–H groups in total. The Balaban J connectivity index is 3.87. The minimum atomic E-state index is -2.47. The van der Waals surface area contributed by atoms with E-state index in [9.17, 15) is 13.9 Å². The average molecular weight is 241 g/mol. The molecule has 4 nitrogen and oxygen atoms in total. The van der Waals surface area contributed by atoms with E-state index in [2.05, 4.69) is 0 Å². The van der Waals surface area contributed by atoms with Gasteiger partial charge in [-0.1, -0.05) is 0 Å². The predicted octanol–water partition coefficient (Wildman–Crippen LogP) is 0.332. The summed E-state index contributed by atoms with van der Waals surface area (Å²) in [6.45, 7) is 3.34. The third-order valence-corrected chi connectivity index (χ3v) is 1.90. The lowest BCUT2D eigenvalue weighted by molar-refractivity contribution is -0.0184. The maximum atomic E-state index is 12.1. The fourth-order valence-corrected chi connectivity index (χ4v) is 1.25. The highest BCUT2D eigenvalue weighted by Crippen LogP contribution is 2.01. The first kappa shape index (κ1) is 15.7. The summed E-state index contributed by atoms with van der Waals surface area (Å²) in [6.07, 6.45) is -3.28. The molecule has 6 heteroatoms. The number of hydrogen-bond acceptors (Lipinski definition) is 4. The van der Waals surface area contributed by atoms with E-state index >= 15 is 0 Å². The van der Waals surface area contributed by atoms with Crippen LogP contribution in [-0.2, 0) is 4.74 Å². The van der Waals surface area contributed by atoms with Gasteiger partial charge in [0, 0.05) is 13.1 Å². The van der Waals surface area contributed by atoms with Crippen LogP contribution in [0.3, 0.4) is 0 Å². The number of aliphatic hydroxyl groups excluding tert-OH is 2. The third-order valence-electron chi connectivity index (χ3n) is 1.90. The molecule has 0 fully saturated rings. The Morgan fingerprint density at radius 1 is 1.25 bits per heavy atom.